The van der Waals surface area contributed by atoms with E-state index in [1.54, 1.807) is 30.5 Å². The number of nitrogens with zero attached hydrogens (tertiary/aromatic N) is 1. The van der Waals surface area contributed by atoms with E-state index in [0.29, 0.717) is 15.7 Å². The number of benzene rings is 1. The van der Waals surface area contributed by atoms with Crippen molar-refractivity contribution >= 4 is 27.5 Å². The summed E-state index contributed by atoms with van der Waals surface area (Å²) in [6.45, 7) is 0. The van der Waals surface area contributed by atoms with Gasteiger partial charge in [-0.25, -0.2) is 4.39 Å². The molecule has 2 nitrogen and oxygen atoms in total. The Kier molecular flexibility index (Phi) is 4.32. The molecule has 0 aliphatic carbocycles. The SMILES string of the molecule is OC(Cc1cccc(F)c1Cl)c1ncccc1Br. The molecule has 1 N–H and O–H groups in total. The van der Waals surface area contributed by atoms with E-state index in [1.165, 1.54) is 6.07 Å². The second kappa shape index (κ2) is 5.78. The molecule has 1 unspecified atom stereocenters. The van der Waals surface area contributed by atoms with E-state index in [2.05, 4.69) is 20.9 Å². The van der Waals surface area contributed by atoms with Gasteiger partial charge in [0.05, 0.1) is 10.7 Å². The van der Waals surface area contributed by atoms with Crippen LogP contribution in [0.1, 0.15) is 17.4 Å². The summed E-state index contributed by atoms with van der Waals surface area (Å²) < 4.78 is 14.0. The van der Waals surface area contributed by atoms with E-state index in [-0.39, 0.29) is 11.4 Å². The highest BCUT2D eigenvalue weighted by molar-refractivity contribution is 9.10. The Bertz CT molecular complexity index is 564. The Morgan fingerprint density at radius 1 is 1.33 bits per heavy atom. The fourth-order valence-electron chi connectivity index (χ4n) is 1.65. The van der Waals surface area contributed by atoms with Crippen LogP contribution in [-0.4, -0.2) is 10.1 Å². The van der Waals surface area contributed by atoms with Crippen LogP contribution in [0, 0.1) is 5.82 Å². The van der Waals surface area contributed by atoms with Gasteiger partial charge in [0.15, 0.2) is 0 Å². The first-order valence-electron chi connectivity index (χ1n) is 5.31. The molecule has 0 aliphatic rings. The molecule has 0 radical (unpaired) electrons. The fraction of sp³-hybridized carbons (Fsp3) is 0.154. The number of hydrogen-bond acceptors (Lipinski definition) is 2. The van der Waals surface area contributed by atoms with Gasteiger partial charge in [0.2, 0.25) is 0 Å². The Hall–Kier alpha value is -0.970. The molecule has 1 atom stereocenters. The standard InChI is InChI=1S/C13H10BrClFNO/c14-9-4-2-6-17-13(9)11(18)7-8-3-1-5-10(16)12(8)15/h1-6,11,18H,7H2. The van der Waals surface area contributed by atoms with Gasteiger partial charge in [0.25, 0.3) is 0 Å². The Balaban J connectivity index is 2.24. The van der Waals surface area contributed by atoms with Crippen molar-refractivity contribution in [1.82, 2.24) is 4.98 Å². The van der Waals surface area contributed by atoms with Crippen LogP contribution in [0.5, 0.6) is 0 Å². The maximum Gasteiger partial charge on any atom is 0.142 e. The highest BCUT2D eigenvalue weighted by Gasteiger charge is 2.16. The normalized spacial score (nSPS) is 12.4. The molecule has 0 saturated carbocycles. The van der Waals surface area contributed by atoms with Crippen molar-refractivity contribution in [3.8, 4) is 0 Å². The Labute approximate surface area is 118 Å². The first-order valence-corrected chi connectivity index (χ1v) is 6.48. The molecule has 0 aliphatic heterocycles. The van der Waals surface area contributed by atoms with Crippen LogP contribution in [0.2, 0.25) is 5.02 Å². The molecule has 0 fully saturated rings. The second-order valence-corrected chi connectivity index (χ2v) is 5.04. The van der Waals surface area contributed by atoms with E-state index < -0.39 is 11.9 Å². The first kappa shape index (κ1) is 13.5. The van der Waals surface area contributed by atoms with Gasteiger partial charge in [0.1, 0.15) is 11.9 Å². The molecule has 0 bridgehead atoms. The van der Waals surface area contributed by atoms with Crippen LogP contribution in [0.15, 0.2) is 41.0 Å². The average Bonchev–Trinajstić information content (AvgIpc) is 2.35. The fourth-order valence-corrected chi connectivity index (χ4v) is 2.38. The summed E-state index contributed by atoms with van der Waals surface area (Å²) >= 11 is 9.16. The van der Waals surface area contributed by atoms with Crippen LogP contribution in [-0.2, 0) is 6.42 Å². The van der Waals surface area contributed by atoms with Crippen molar-refractivity contribution in [2.75, 3.05) is 0 Å². The molecule has 2 aromatic rings. The number of aliphatic hydroxyl groups excluding tert-OH is 1. The van der Waals surface area contributed by atoms with Crippen LogP contribution < -0.4 is 0 Å². The number of rotatable bonds is 3. The molecule has 0 spiro atoms. The van der Waals surface area contributed by atoms with Crippen molar-refractivity contribution in [3.05, 3.63) is 63.1 Å². The van der Waals surface area contributed by atoms with Crippen molar-refractivity contribution in [2.45, 2.75) is 12.5 Å². The first-order chi connectivity index (χ1) is 8.59. The van der Waals surface area contributed by atoms with Gasteiger partial charge in [-0.1, -0.05) is 23.7 Å². The Morgan fingerprint density at radius 3 is 2.83 bits per heavy atom. The molecule has 1 aromatic heterocycles. The van der Waals surface area contributed by atoms with E-state index in [0.717, 1.165) is 0 Å². The third-order valence-corrected chi connectivity index (χ3v) is 3.64. The third-order valence-electron chi connectivity index (χ3n) is 2.55. The average molecular weight is 331 g/mol. The van der Waals surface area contributed by atoms with Crippen LogP contribution in [0.25, 0.3) is 0 Å². The minimum atomic E-state index is -0.833. The monoisotopic (exact) mass is 329 g/mol. The third kappa shape index (κ3) is 2.88. The van der Waals surface area contributed by atoms with Crippen LogP contribution in [0.3, 0.4) is 0 Å². The highest BCUT2D eigenvalue weighted by Crippen LogP contribution is 2.27. The molecular formula is C13H10BrClFNO. The number of hydrogen-bond donors (Lipinski definition) is 1. The van der Waals surface area contributed by atoms with Gasteiger partial charge in [-0.05, 0) is 39.7 Å². The molecule has 5 heteroatoms. The molecule has 2 rings (SSSR count). The number of aliphatic hydroxyl groups is 1. The quantitative estimate of drug-likeness (QED) is 0.925. The summed E-state index contributed by atoms with van der Waals surface area (Å²) in [6.07, 6.45) is 0.975. The van der Waals surface area contributed by atoms with Gasteiger partial charge in [0, 0.05) is 17.1 Å². The maximum absolute atomic E-state index is 13.3. The lowest BCUT2D eigenvalue weighted by Gasteiger charge is -2.12. The predicted molar refractivity (Wildman–Crippen MR) is 72.0 cm³/mol. The van der Waals surface area contributed by atoms with Crippen molar-refractivity contribution in [2.24, 2.45) is 0 Å². The smallest absolute Gasteiger partial charge is 0.142 e. The van der Waals surface area contributed by atoms with Gasteiger partial charge < -0.3 is 5.11 Å². The topological polar surface area (TPSA) is 33.1 Å². The zero-order chi connectivity index (χ0) is 13.1. The zero-order valence-electron chi connectivity index (χ0n) is 9.28. The summed E-state index contributed by atoms with van der Waals surface area (Å²) in [5.41, 5.74) is 1.07. The molecule has 0 saturated heterocycles. The minimum absolute atomic E-state index is 0.0450. The van der Waals surface area contributed by atoms with E-state index in [9.17, 15) is 9.50 Å². The van der Waals surface area contributed by atoms with Crippen LogP contribution >= 0.6 is 27.5 Å². The van der Waals surface area contributed by atoms with Crippen LogP contribution in [0.4, 0.5) is 4.39 Å². The van der Waals surface area contributed by atoms with Gasteiger partial charge in [-0.15, -0.1) is 0 Å². The summed E-state index contributed by atoms with van der Waals surface area (Å²) in [7, 11) is 0. The molecule has 94 valence electrons. The van der Waals surface area contributed by atoms with Gasteiger partial charge in [-0.2, -0.15) is 0 Å². The largest absolute Gasteiger partial charge is 0.386 e. The predicted octanol–water partition coefficient (Wildman–Crippen LogP) is 3.91. The summed E-state index contributed by atoms with van der Waals surface area (Å²) in [5.74, 6) is -0.485. The lowest BCUT2D eigenvalue weighted by atomic mass is 10.1. The van der Waals surface area contributed by atoms with Crippen molar-refractivity contribution in [3.63, 3.8) is 0 Å². The minimum Gasteiger partial charge on any atom is -0.386 e. The summed E-state index contributed by atoms with van der Waals surface area (Å²) in [4.78, 5) is 4.09. The molecule has 1 aromatic carbocycles. The maximum atomic E-state index is 13.3. The van der Waals surface area contributed by atoms with E-state index >= 15 is 0 Å². The number of pyridine rings is 1. The molecule has 0 amide bonds. The molecule has 18 heavy (non-hydrogen) atoms. The zero-order valence-corrected chi connectivity index (χ0v) is 11.6. The van der Waals surface area contributed by atoms with Gasteiger partial charge >= 0.3 is 0 Å². The molecular weight excluding hydrogens is 321 g/mol. The van der Waals surface area contributed by atoms with Crippen molar-refractivity contribution < 1.29 is 9.50 Å². The lowest BCUT2D eigenvalue weighted by molar-refractivity contribution is 0.172. The highest BCUT2D eigenvalue weighted by atomic mass is 79.9. The summed E-state index contributed by atoms with van der Waals surface area (Å²) in [5, 5.41) is 10.1. The van der Waals surface area contributed by atoms with E-state index in [4.69, 9.17) is 11.6 Å². The molecule has 1 heterocycles. The van der Waals surface area contributed by atoms with Gasteiger partial charge in [-0.3, -0.25) is 4.98 Å². The number of aromatic nitrogens is 1. The Morgan fingerprint density at radius 2 is 2.11 bits per heavy atom. The van der Waals surface area contributed by atoms with E-state index in [1.807, 2.05) is 0 Å². The van der Waals surface area contributed by atoms with Crippen molar-refractivity contribution in [1.29, 1.82) is 0 Å². The lowest BCUT2D eigenvalue weighted by Crippen LogP contribution is -2.05. The second-order valence-electron chi connectivity index (χ2n) is 3.80. The summed E-state index contributed by atoms with van der Waals surface area (Å²) in [6, 6.07) is 8.09. The number of halogens is 3.